The number of benzene rings is 2. The fraction of sp³-hybridized carbons (Fsp3) is 0.250. The molecule has 2 aromatic rings. The first-order valence-electron chi connectivity index (χ1n) is 6.84. The van der Waals surface area contributed by atoms with Gasteiger partial charge in [0.05, 0.1) is 0 Å². The Balaban J connectivity index is 2.28. The van der Waals surface area contributed by atoms with Crippen molar-refractivity contribution in [3.8, 4) is 0 Å². The molecule has 3 rings (SSSR count). The molecule has 0 aromatic heterocycles. The van der Waals surface area contributed by atoms with Crippen molar-refractivity contribution < 1.29 is 9.59 Å². The Morgan fingerprint density at radius 2 is 1.81 bits per heavy atom. The molecule has 0 radical (unpaired) electrons. The fourth-order valence-corrected chi connectivity index (χ4v) is 3.70. The normalized spacial score (nSPS) is 14.1. The molecule has 0 unspecified atom stereocenters. The lowest BCUT2D eigenvalue weighted by Crippen LogP contribution is -2.41. The maximum absolute atomic E-state index is 12.5. The number of amides is 2. The number of thiol groups is 1. The number of rotatable bonds is 4. The Hall–Kier alpha value is -1.46. The quantitative estimate of drug-likeness (QED) is 0.533. The third kappa shape index (κ3) is 2.24. The van der Waals surface area contributed by atoms with E-state index in [0.29, 0.717) is 23.4 Å². The van der Waals surface area contributed by atoms with Crippen LogP contribution in [0.1, 0.15) is 27.6 Å². The molecule has 21 heavy (non-hydrogen) atoms. The molecule has 0 saturated carbocycles. The van der Waals surface area contributed by atoms with Crippen LogP contribution in [0.15, 0.2) is 35.2 Å². The Kier molecular flexibility index (Phi) is 3.95. The van der Waals surface area contributed by atoms with Crippen LogP contribution in [0.5, 0.6) is 0 Å². The van der Waals surface area contributed by atoms with Crippen LogP contribution in [0.25, 0.3) is 10.8 Å². The van der Waals surface area contributed by atoms with Crippen LogP contribution >= 0.6 is 24.4 Å². The Morgan fingerprint density at radius 3 is 2.48 bits per heavy atom. The van der Waals surface area contributed by atoms with E-state index in [1.807, 2.05) is 24.3 Å². The van der Waals surface area contributed by atoms with Gasteiger partial charge in [-0.05, 0) is 29.3 Å². The summed E-state index contributed by atoms with van der Waals surface area (Å²) in [6.45, 7) is 2.42. The number of thioether (sulfide) groups is 1. The molecular formula is C16H15NO2S2. The third-order valence-corrected chi connectivity index (χ3v) is 4.73. The zero-order valence-electron chi connectivity index (χ0n) is 11.6. The van der Waals surface area contributed by atoms with Crippen LogP contribution in [-0.4, -0.2) is 34.8 Å². The summed E-state index contributed by atoms with van der Waals surface area (Å²) in [5.41, 5.74) is 1.23. The Labute approximate surface area is 133 Å². The van der Waals surface area contributed by atoms with Gasteiger partial charge in [0.25, 0.3) is 11.8 Å². The van der Waals surface area contributed by atoms with Crippen molar-refractivity contribution in [2.45, 2.75) is 11.8 Å². The topological polar surface area (TPSA) is 37.4 Å². The highest BCUT2D eigenvalue weighted by atomic mass is 32.2. The molecule has 0 spiro atoms. The van der Waals surface area contributed by atoms with E-state index in [9.17, 15) is 9.59 Å². The number of carbonyl (C=O) groups excluding carboxylic acids is 2. The summed E-state index contributed by atoms with van der Waals surface area (Å²) in [6.07, 6.45) is 0. The van der Waals surface area contributed by atoms with Gasteiger partial charge in [0.1, 0.15) is 0 Å². The van der Waals surface area contributed by atoms with E-state index in [4.69, 9.17) is 0 Å². The fourth-order valence-electron chi connectivity index (χ4n) is 2.70. The lowest BCUT2D eigenvalue weighted by atomic mass is 9.94. The van der Waals surface area contributed by atoms with Gasteiger partial charge < -0.3 is 0 Å². The van der Waals surface area contributed by atoms with E-state index >= 15 is 0 Å². The van der Waals surface area contributed by atoms with Crippen molar-refractivity contribution in [2.75, 3.05) is 18.1 Å². The summed E-state index contributed by atoms with van der Waals surface area (Å²) < 4.78 is 0. The Morgan fingerprint density at radius 1 is 1.10 bits per heavy atom. The highest BCUT2D eigenvalue weighted by molar-refractivity contribution is 7.99. The molecule has 3 nitrogen and oxygen atoms in total. The van der Waals surface area contributed by atoms with E-state index in [-0.39, 0.29) is 11.8 Å². The van der Waals surface area contributed by atoms with Gasteiger partial charge in [-0.2, -0.15) is 12.6 Å². The van der Waals surface area contributed by atoms with Crippen molar-refractivity contribution in [3.63, 3.8) is 0 Å². The maximum atomic E-state index is 12.5. The molecule has 0 fully saturated rings. The number of nitrogens with zero attached hydrogens (tertiary/aromatic N) is 1. The number of imide groups is 1. The molecular weight excluding hydrogens is 302 g/mol. The molecule has 1 aliphatic heterocycles. The van der Waals surface area contributed by atoms with E-state index in [1.165, 1.54) is 4.90 Å². The van der Waals surface area contributed by atoms with Crippen LogP contribution in [0.4, 0.5) is 0 Å². The van der Waals surface area contributed by atoms with E-state index in [0.717, 1.165) is 21.4 Å². The number of hydrogen-bond donors (Lipinski definition) is 1. The summed E-state index contributed by atoms with van der Waals surface area (Å²) in [5, 5.41) is 1.78. The standard InChI is InChI=1S/C16H15NO2S2/c1-2-21-13-7-6-12-14-10(13)4-3-5-11(14)15(18)17(8-9-20)16(12)19/h3-7,20H,2,8-9H2,1H3. The van der Waals surface area contributed by atoms with Gasteiger partial charge in [-0.15, -0.1) is 11.8 Å². The van der Waals surface area contributed by atoms with Gasteiger partial charge in [0.2, 0.25) is 0 Å². The first-order valence-corrected chi connectivity index (χ1v) is 8.46. The minimum Gasteiger partial charge on any atom is -0.274 e. The Bertz CT molecular complexity index is 720. The lowest BCUT2D eigenvalue weighted by Gasteiger charge is -2.27. The predicted molar refractivity (Wildman–Crippen MR) is 89.6 cm³/mol. The second kappa shape index (κ2) is 5.73. The van der Waals surface area contributed by atoms with E-state index in [1.54, 1.807) is 17.8 Å². The largest absolute Gasteiger partial charge is 0.274 e. The number of hydrogen-bond acceptors (Lipinski definition) is 4. The molecule has 2 aromatic carbocycles. The molecule has 0 N–H and O–H groups in total. The maximum Gasteiger partial charge on any atom is 0.261 e. The average Bonchev–Trinajstić information content (AvgIpc) is 2.50. The van der Waals surface area contributed by atoms with Gasteiger partial charge in [0.15, 0.2) is 0 Å². The highest BCUT2D eigenvalue weighted by Crippen LogP contribution is 2.35. The van der Waals surface area contributed by atoms with Crippen LogP contribution in [0.2, 0.25) is 0 Å². The minimum atomic E-state index is -0.217. The lowest BCUT2D eigenvalue weighted by molar-refractivity contribution is 0.0621. The van der Waals surface area contributed by atoms with Crippen molar-refractivity contribution in [3.05, 3.63) is 41.5 Å². The predicted octanol–water partition coefficient (Wildman–Crippen LogP) is 3.48. The second-order valence-corrected chi connectivity index (χ2v) is 6.51. The van der Waals surface area contributed by atoms with Crippen LogP contribution in [0, 0.1) is 0 Å². The van der Waals surface area contributed by atoms with Gasteiger partial charge in [0, 0.05) is 33.7 Å². The molecule has 0 atom stereocenters. The molecule has 0 saturated heterocycles. The smallest absolute Gasteiger partial charge is 0.261 e. The summed E-state index contributed by atoms with van der Waals surface area (Å²) in [7, 11) is 0. The van der Waals surface area contributed by atoms with E-state index in [2.05, 4.69) is 19.6 Å². The van der Waals surface area contributed by atoms with Gasteiger partial charge >= 0.3 is 0 Å². The van der Waals surface area contributed by atoms with Crippen molar-refractivity contribution in [2.24, 2.45) is 0 Å². The first kappa shape index (κ1) is 14.5. The van der Waals surface area contributed by atoms with Crippen molar-refractivity contribution >= 4 is 47.0 Å². The molecule has 108 valence electrons. The molecule has 0 bridgehead atoms. The summed E-state index contributed by atoms with van der Waals surface area (Å²) in [6, 6.07) is 9.47. The zero-order valence-corrected chi connectivity index (χ0v) is 13.3. The highest BCUT2D eigenvalue weighted by Gasteiger charge is 2.32. The monoisotopic (exact) mass is 317 g/mol. The molecule has 0 aliphatic carbocycles. The summed E-state index contributed by atoms with van der Waals surface area (Å²) in [5.74, 6) is 0.982. The van der Waals surface area contributed by atoms with Gasteiger partial charge in [-0.25, -0.2) is 0 Å². The SMILES string of the molecule is CCSc1ccc2c3c(cccc13)C(=O)N(CCS)C2=O. The summed E-state index contributed by atoms with van der Waals surface area (Å²) in [4.78, 5) is 27.5. The molecule has 1 heterocycles. The van der Waals surface area contributed by atoms with Crippen LogP contribution in [-0.2, 0) is 0 Å². The first-order chi connectivity index (χ1) is 10.2. The van der Waals surface area contributed by atoms with Crippen LogP contribution in [0.3, 0.4) is 0 Å². The van der Waals surface area contributed by atoms with E-state index < -0.39 is 0 Å². The zero-order chi connectivity index (χ0) is 15.0. The van der Waals surface area contributed by atoms with Gasteiger partial charge in [-0.1, -0.05) is 19.1 Å². The molecule has 5 heteroatoms. The number of carbonyl (C=O) groups is 2. The molecule has 1 aliphatic rings. The second-order valence-electron chi connectivity index (χ2n) is 4.76. The van der Waals surface area contributed by atoms with Crippen LogP contribution < -0.4 is 0 Å². The minimum absolute atomic E-state index is 0.217. The summed E-state index contributed by atoms with van der Waals surface area (Å²) >= 11 is 5.86. The third-order valence-electron chi connectivity index (χ3n) is 3.58. The molecule has 2 amide bonds. The van der Waals surface area contributed by atoms with Gasteiger partial charge in [-0.3, -0.25) is 14.5 Å². The van der Waals surface area contributed by atoms with Crippen molar-refractivity contribution in [1.29, 1.82) is 0 Å². The average molecular weight is 317 g/mol. The van der Waals surface area contributed by atoms with Crippen molar-refractivity contribution in [1.82, 2.24) is 4.90 Å².